The van der Waals surface area contributed by atoms with Gasteiger partial charge in [-0.05, 0) is 48.7 Å². The number of anilines is 1. The predicted octanol–water partition coefficient (Wildman–Crippen LogP) is 3.73. The van der Waals surface area contributed by atoms with Crippen LogP contribution in [0.4, 0.5) is 5.69 Å². The Balaban J connectivity index is 2.00. The van der Waals surface area contributed by atoms with Crippen molar-refractivity contribution in [3.63, 3.8) is 0 Å². The normalized spacial score (nSPS) is 17.2. The molecule has 0 bridgehead atoms. The first kappa shape index (κ1) is 14.3. The predicted molar refractivity (Wildman–Crippen MR) is 88.3 cm³/mol. The number of hydrogen-bond acceptors (Lipinski definition) is 2. The molecule has 1 amide bonds. The molecule has 0 spiro atoms. The highest BCUT2D eigenvalue weighted by molar-refractivity contribution is 9.10. The summed E-state index contributed by atoms with van der Waals surface area (Å²) in [6.45, 7) is 3.87. The molecule has 21 heavy (non-hydrogen) atoms. The molecule has 0 aliphatic carbocycles. The molecule has 0 fully saturated rings. The van der Waals surface area contributed by atoms with Crippen molar-refractivity contribution < 1.29 is 4.79 Å². The number of carbonyl (C=O) groups excluding carboxylic acids is 1. The third-order valence-corrected chi connectivity index (χ3v) is 4.65. The SMILES string of the molecule is CC1(C)C(=O)Nc2ccc(C(N)c3ccc(Br)cc3)cc21. The van der Waals surface area contributed by atoms with E-state index in [2.05, 4.69) is 21.2 Å². The maximum absolute atomic E-state index is 12.0. The van der Waals surface area contributed by atoms with Crippen LogP contribution in [-0.4, -0.2) is 5.91 Å². The van der Waals surface area contributed by atoms with Gasteiger partial charge in [-0.3, -0.25) is 4.79 Å². The third kappa shape index (κ3) is 2.39. The topological polar surface area (TPSA) is 55.1 Å². The van der Waals surface area contributed by atoms with Crippen molar-refractivity contribution in [1.82, 2.24) is 0 Å². The fourth-order valence-electron chi connectivity index (χ4n) is 2.64. The smallest absolute Gasteiger partial charge is 0.234 e. The minimum absolute atomic E-state index is 0.0341. The fourth-order valence-corrected chi connectivity index (χ4v) is 2.91. The Morgan fingerprint density at radius 1 is 1.10 bits per heavy atom. The summed E-state index contributed by atoms with van der Waals surface area (Å²) in [5, 5.41) is 2.92. The average molecular weight is 345 g/mol. The zero-order chi connectivity index (χ0) is 15.2. The van der Waals surface area contributed by atoms with E-state index >= 15 is 0 Å². The Bertz CT molecular complexity index is 707. The van der Waals surface area contributed by atoms with Crippen LogP contribution in [0.3, 0.4) is 0 Å². The second kappa shape index (κ2) is 4.97. The van der Waals surface area contributed by atoms with Crippen LogP contribution in [0.1, 0.15) is 36.6 Å². The number of amides is 1. The zero-order valence-corrected chi connectivity index (χ0v) is 13.6. The van der Waals surface area contributed by atoms with Crippen LogP contribution in [-0.2, 0) is 10.2 Å². The molecule has 108 valence electrons. The van der Waals surface area contributed by atoms with Gasteiger partial charge in [0, 0.05) is 10.2 Å². The summed E-state index contributed by atoms with van der Waals surface area (Å²) in [6.07, 6.45) is 0. The van der Waals surface area contributed by atoms with Crippen LogP contribution < -0.4 is 11.1 Å². The summed E-state index contributed by atoms with van der Waals surface area (Å²) in [6, 6.07) is 13.8. The van der Waals surface area contributed by atoms with Gasteiger partial charge in [-0.1, -0.05) is 40.2 Å². The highest BCUT2D eigenvalue weighted by Crippen LogP contribution is 2.39. The highest BCUT2D eigenvalue weighted by atomic mass is 79.9. The van der Waals surface area contributed by atoms with Crippen LogP contribution in [0.2, 0.25) is 0 Å². The van der Waals surface area contributed by atoms with Crippen molar-refractivity contribution in [2.45, 2.75) is 25.3 Å². The molecule has 0 aromatic heterocycles. The second-order valence-corrected chi connectivity index (χ2v) is 6.83. The summed E-state index contributed by atoms with van der Waals surface area (Å²) in [7, 11) is 0. The molecule has 2 aromatic rings. The van der Waals surface area contributed by atoms with Crippen LogP contribution in [0.25, 0.3) is 0 Å². The van der Waals surface area contributed by atoms with Gasteiger partial charge in [0.2, 0.25) is 5.91 Å². The Morgan fingerprint density at radius 3 is 2.38 bits per heavy atom. The van der Waals surface area contributed by atoms with E-state index in [4.69, 9.17) is 5.73 Å². The first-order chi connectivity index (χ1) is 9.89. The minimum Gasteiger partial charge on any atom is -0.325 e. The van der Waals surface area contributed by atoms with Gasteiger partial charge < -0.3 is 11.1 Å². The summed E-state index contributed by atoms with van der Waals surface area (Å²) >= 11 is 3.43. The molecular formula is C17H17BrN2O. The number of carbonyl (C=O) groups is 1. The maximum atomic E-state index is 12.0. The van der Waals surface area contributed by atoms with Crippen molar-refractivity contribution in [3.8, 4) is 0 Å². The number of benzene rings is 2. The maximum Gasteiger partial charge on any atom is 0.234 e. The molecule has 0 saturated carbocycles. The third-order valence-electron chi connectivity index (χ3n) is 4.12. The number of fused-ring (bicyclic) bond motifs is 1. The van der Waals surface area contributed by atoms with E-state index in [0.29, 0.717) is 0 Å². The lowest BCUT2D eigenvalue weighted by molar-refractivity contribution is -0.119. The molecule has 3 N–H and O–H groups in total. The van der Waals surface area contributed by atoms with Crippen molar-refractivity contribution >= 4 is 27.5 Å². The van der Waals surface area contributed by atoms with Gasteiger partial charge in [-0.15, -0.1) is 0 Å². The molecule has 0 saturated heterocycles. The van der Waals surface area contributed by atoms with E-state index in [9.17, 15) is 4.79 Å². The molecule has 3 rings (SSSR count). The molecule has 0 radical (unpaired) electrons. The second-order valence-electron chi connectivity index (χ2n) is 5.91. The van der Waals surface area contributed by atoms with Crippen LogP contribution in [0.15, 0.2) is 46.9 Å². The molecule has 2 aromatic carbocycles. The summed E-state index contributed by atoms with van der Waals surface area (Å²) in [5.41, 5.74) is 9.82. The van der Waals surface area contributed by atoms with E-state index in [1.165, 1.54) is 0 Å². The lowest BCUT2D eigenvalue weighted by Crippen LogP contribution is -2.27. The molecule has 1 unspecified atom stereocenters. The number of hydrogen-bond donors (Lipinski definition) is 2. The Hall–Kier alpha value is -1.65. The standard InChI is InChI=1S/C17H17BrN2O/c1-17(2)13-9-11(5-8-14(13)20-16(17)21)15(19)10-3-6-12(18)7-4-10/h3-9,15H,19H2,1-2H3,(H,20,21). The Kier molecular flexibility index (Phi) is 3.38. The number of rotatable bonds is 2. The lowest BCUT2D eigenvalue weighted by atomic mass is 9.84. The van der Waals surface area contributed by atoms with Gasteiger partial charge in [0.25, 0.3) is 0 Å². The molecule has 1 heterocycles. The van der Waals surface area contributed by atoms with Crippen LogP contribution in [0, 0.1) is 0 Å². The Morgan fingerprint density at radius 2 is 1.71 bits per heavy atom. The van der Waals surface area contributed by atoms with Gasteiger partial charge in [-0.2, -0.15) is 0 Å². The lowest BCUT2D eigenvalue weighted by Gasteiger charge is -2.18. The van der Waals surface area contributed by atoms with E-state index in [0.717, 1.165) is 26.9 Å². The minimum atomic E-state index is -0.509. The highest BCUT2D eigenvalue weighted by Gasteiger charge is 2.38. The Labute approximate surface area is 132 Å². The van der Waals surface area contributed by atoms with Crippen LogP contribution in [0.5, 0.6) is 0 Å². The number of nitrogens with two attached hydrogens (primary N) is 1. The van der Waals surface area contributed by atoms with E-state index in [1.807, 2.05) is 56.3 Å². The molecular weight excluding hydrogens is 328 g/mol. The van der Waals surface area contributed by atoms with Crippen molar-refractivity contribution in [3.05, 3.63) is 63.6 Å². The van der Waals surface area contributed by atoms with E-state index in [-0.39, 0.29) is 11.9 Å². The molecule has 3 nitrogen and oxygen atoms in total. The fraction of sp³-hybridized carbons (Fsp3) is 0.235. The quantitative estimate of drug-likeness (QED) is 0.871. The summed E-state index contributed by atoms with van der Waals surface area (Å²) < 4.78 is 1.03. The van der Waals surface area contributed by atoms with Gasteiger partial charge in [0.05, 0.1) is 11.5 Å². The van der Waals surface area contributed by atoms with Crippen LogP contribution >= 0.6 is 15.9 Å². The number of nitrogens with one attached hydrogen (secondary N) is 1. The van der Waals surface area contributed by atoms with Crippen molar-refractivity contribution in [2.24, 2.45) is 5.73 Å². The van der Waals surface area contributed by atoms with Gasteiger partial charge in [0.15, 0.2) is 0 Å². The number of halogens is 1. The van der Waals surface area contributed by atoms with Gasteiger partial charge in [-0.25, -0.2) is 0 Å². The first-order valence-electron chi connectivity index (χ1n) is 6.86. The van der Waals surface area contributed by atoms with Crippen molar-refractivity contribution in [1.29, 1.82) is 0 Å². The summed E-state index contributed by atoms with van der Waals surface area (Å²) in [5.74, 6) is 0.0341. The van der Waals surface area contributed by atoms with Gasteiger partial charge in [0.1, 0.15) is 0 Å². The van der Waals surface area contributed by atoms with E-state index in [1.54, 1.807) is 0 Å². The first-order valence-corrected chi connectivity index (χ1v) is 7.66. The molecule has 1 atom stereocenters. The van der Waals surface area contributed by atoms with E-state index < -0.39 is 5.41 Å². The van der Waals surface area contributed by atoms with Gasteiger partial charge >= 0.3 is 0 Å². The largest absolute Gasteiger partial charge is 0.325 e. The summed E-state index contributed by atoms with van der Waals surface area (Å²) in [4.78, 5) is 12.0. The average Bonchev–Trinajstić information content (AvgIpc) is 2.69. The molecule has 1 aliphatic rings. The van der Waals surface area contributed by atoms with Crippen molar-refractivity contribution in [2.75, 3.05) is 5.32 Å². The molecule has 4 heteroatoms. The zero-order valence-electron chi connectivity index (χ0n) is 12.0. The monoisotopic (exact) mass is 344 g/mol. The molecule has 1 aliphatic heterocycles.